The van der Waals surface area contributed by atoms with Crippen molar-refractivity contribution in [3.05, 3.63) is 46.5 Å². The third-order valence-corrected chi connectivity index (χ3v) is 4.30. The molecule has 7 heteroatoms. The lowest BCUT2D eigenvalue weighted by Gasteiger charge is -2.22. The molecule has 0 saturated heterocycles. The third kappa shape index (κ3) is 3.87. The summed E-state index contributed by atoms with van der Waals surface area (Å²) in [5.74, 6) is 2.87. The zero-order chi connectivity index (χ0) is 16.9. The molecule has 1 aromatic heterocycles. The van der Waals surface area contributed by atoms with Crippen LogP contribution in [0.2, 0.25) is 5.02 Å². The van der Waals surface area contributed by atoms with E-state index in [2.05, 4.69) is 38.0 Å². The highest BCUT2D eigenvalue weighted by Crippen LogP contribution is 2.15. The second kappa shape index (κ2) is 7.66. The number of hydrogen-bond donors (Lipinski definition) is 1. The van der Waals surface area contributed by atoms with Crippen molar-refractivity contribution in [1.82, 2.24) is 25.0 Å². The van der Waals surface area contributed by atoms with Gasteiger partial charge in [-0.25, -0.2) is 4.99 Å². The summed E-state index contributed by atoms with van der Waals surface area (Å²) in [6.45, 7) is 5.16. The molecule has 1 aliphatic heterocycles. The van der Waals surface area contributed by atoms with Crippen molar-refractivity contribution in [2.45, 2.75) is 39.4 Å². The van der Waals surface area contributed by atoms with E-state index in [1.165, 1.54) is 0 Å². The fourth-order valence-corrected chi connectivity index (χ4v) is 3.14. The number of fused-ring (bicyclic) bond motifs is 1. The van der Waals surface area contributed by atoms with Crippen LogP contribution in [0.25, 0.3) is 0 Å². The average molecular weight is 347 g/mol. The minimum Gasteiger partial charge on any atom is -0.357 e. The molecule has 0 amide bonds. The summed E-state index contributed by atoms with van der Waals surface area (Å²) >= 11 is 6.07. The largest absolute Gasteiger partial charge is 0.357 e. The van der Waals surface area contributed by atoms with Crippen LogP contribution < -0.4 is 5.32 Å². The van der Waals surface area contributed by atoms with Crippen molar-refractivity contribution >= 4 is 17.6 Å². The summed E-state index contributed by atoms with van der Waals surface area (Å²) in [7, 11) is 2.02. The van der Waals surface area contributed by atoms with Crippen LogP contribution in [0.4, 0.5) is 0 Å². The summed E-state index contributed by atoms with van der Waals surface area (Å²) in [5, 5.41) is 12.6. The molecule has 0 fully saturated rings. The Bertz CT molecular complexity index is 724. The van der Waals surface area contributed by atoms with Gasteiger partial charge in [0, 0.05) is 38.1 Å². The van der Waals surface area contributed by atoms with Crippen molar-refractivity contribution in [1.29, 1.82) is 0 Å². The van der Waals surface area contributed by atoms with Gasteiger partial charge in [-0.05, 0) is 31.0 Å². The minimum absolute atomic E-state index is 0.537. The third-order valence-electron chi connectivity index (χ3n) is 4.06. The van der Waals surface area contributed by atoms with E-state index < -0.39 is 0 Å². The number of halogens is 1. The highest BCUT2D eigenvalue weighted by atomic mass is 35.5. The Morgan fingerprint density at radius 3 is 3.08 bits per heavy atom. The molecule has 3 rings (SSSR count). The number of guanidine groups is 1. The minimum atomic E-state index is 0.537. The lowest BCUT2D eigenvalue weighted by molar-refractivity contribution is 0.476. The predicted molar refractivity (Wildman–Crippen MR) is 96.1 cm³/mol. The predicted octanol–water partition coefficient (Wildman–Crippen LogP) is 2.48. The molecule has 6 nitrogen and oxygen atoms in total. The number of aliphatic imine (C=N–C) groups is 1. The van der Waals surface area contributed by atoms with E-state index in [4.69, 9.17) is 16.6 Å². The first-order chi connectivity index (χ1) is 11.7. The van der Waals surface area contributed by atoms with Crippen molar-refractivity contribution < 1.29 is 0 Å². The first-order valence-electron chi connectivity index (χ1n) is 8.32. The quantitative estimate of drug-likeness (QED) is 0.667. The van der Waals surface area contributed by atoms with Crippen LogP contribution >= 0.6 is 11.6 Å². The number of nitrogens with zero attached hydrogens (tertiary/aromatic N) is 5. The second-order valence-electron chi connectivity index (χ2n) is 5.94. The normalized spacial score (nSPS) is 13.9. The van der Waals surface area contributed by atoms with Crippen molar-refractivity contribution in [3.8, 4) is 0 Å². The summed E-state index contributed by atoms with van der Waals surface area (Å²) in [6, 6.07) is 7.90. The molecule has 0 saturated carbocycles. The van der Waals surface area contributed by atoms with Crippen LogP contribution in [0.5, 0.6) is 0 Å². The van der Waals surface area contributed by atoms with Gasteiger partial charge >= 0.3 is 0 Å². The molecule has 0 atom stereocenters. The van der Waals surface area contributed by atoms with Gasteiger partial charge < -0.3 is 14.8 Å². The molecule has 1 aliphatic rings. The van der Waals surface area contributed by atoms with Crippen LogP contribution in [0.15, 0.2) is 29.3 Å². The Labute approximate surface area is 147 Å². The van der Waals surface area contributed by atoms with Gasteiger partial charge in [0.05, 0.1) is 0 Å². The lowest BCUT2D eigenvalue weighted by atomic mass is 10.2. The first kappa shape index (κ1) is 16.8. The molecule has 0 aliphatic carbocycles. The van der Waals surface area contributed by atoms with Crippen LogP contribution in [0.1, 0.15) is 30.6 Å². The number of rotatable bonds is 5. The van der Waals surface area contributed by atoms with Crippen molar-refractivity contribution in [2.24, 2.45) is 4.99 Å². The van der Waals surface area contributed by atoms with Crippen LogP contribution in [-0.2, 0) is 26.1 Å². The van der Waals surface area contributed by atoms with Crippen LogP contribution in [0, 0.1) is 0 Å². The number of benzene rings is 1. The Balaban J connectivity index is 1.70. The molecule has 0 bridgehead atoms. The summed E-state index contributed by atoms with van der Waals surface area (Å²) in [4.78, 5) is 6.82. The van der Waals surface area contributed by atoms with E-state index in [1.807, 2.05) is 25.2 Å². The monoisotopic (exact) mass is 346 g/mol. The summed E-state index contributed by atoms with van der Waals surface area (Å²) in [6.07, 6.45) is 2.17. The second-order valence-corrected chi connectivity index (χ2v) is 6.38. The molecule has 24 heavy (non-hydrogen) atoms. The molecule has 0 unspecified atom stereocenters. The Kier molecular flexibility index (Phi) is 5.35. The molecule has 1 aromatic carbocycles. The van der Waals surface area contributed by atoms with E-state index in [9.17, 15) is 0 Å². The zero-order valence-corrected chi connectivity index (χ0v) is 14.9. The maximum Gasteiger partial charge on any atom is 0.194 e. The van der Waals surface area contributed by atoms with E-state index >= 15 is 0 Å². The maximum atomic E-state index is 6.07. The van der Waals surface area contributed by atoms with Crippen LogP contribution in [-0.4, -0.2) is 39.2 Å². The number of aryl methyl sites for hydroxylation is 1. The lowest BCUT2D eigenvalue weighted by Crippen LogP contribution is -2.38. The standard InChI is InChI=1S/C17H23ClN6/c1-3-19-17(23(2)12-13-6-4-7-14(18)10-13)20-11-16-22-21-15-8-5-9-24(15)16/h4,6-7,10H,3,5,8-9,11-12H2,1-2H3,(H,19,20). The van der Waals surface area contributed by atoms with Gasteiger partial charge in [0.2, 0.25) is 0 Å². The molecule has 1 N–H and O–H groups in total. The molecular weight excluding hydrogens is 324 g/mol. The fourth-order valence-electron chi connectivity index (χ4n) is 2.93. The number of nitrogens with one attached hydrogen (secondary N) is 1. The number of aromatic nitrogens is 3. The van der Waals surface area contributed by atoms with Gasteiger partial charge in [-0.3, -0.25) is 0 Å². The van der Waals surface area contributed by atoms with Gasteiger partial charge in [-0.2, -0.15) is 0 Å². The Hall–Kier alpha value is -2.08. The van der Waals surface area contributed by atoms with E-state index in [0.29, 0.717) is 6.54 Å². The Morgan fingerprint density at radius 1 is 1.42 bits per heavy atom. The van der Waals surface area contributed by atoms with E-state index in [-0.39, 0.29) is 0 Å². The average Bonchev–Trinajstić information content (AvgIpc) is 3.15. The molecular formula is C17H23ClN6. The summed E-state index contributed by atoms with van der Waals surface area (Å²) < 4.78 is 2.18. The molecule has 128 valence electrons. The molecule has 0 spiro atoms. The molecule has 0 radical (unpaired) electrons. The van der Waals surface area contributed by atoms with E-state index in [0.717, 1.165) is 60.7 Å². The zero-order valence-electron chi connectivity index (χ0n) is 14.2. The number of hydrogen-bond acceptors (Lipinski definition) is 3. The summed E-state index contributed by atoms with van der Waals surface area (Å²) in [5.41, 5.74) is 1.15. The molecule has 2 heterocycles. The van der Waals surface area contributed by atoms with Gasteiger partial charge in [-0.15, -0.1) is 10.2 Å². The molecule has 2 aromatic rings. The van der Waals surface area contributed by atoms with Gasteiger partial charge in [0.25, 0.3) is 0 Å². The topological polar surface area (TPSA) is 58.3 Å². The SMILES string of the molecule is CCNC(=NCc1nnc2n1CCC2)N(C)Cc1cccc(Cl)c1. The Morgan fingerprint density at radius 2 is 2.29 bits per heavy atom. The van der Waals surface area contributed by atoms with Crippen molar-refractivity contribution in [2.75, 3.05) is 13.6 Å². The highest BCUT2D eigenvalue weighted by molar-refractivity contribution is 6.30. The van der Waals surface area contributed by atoms with Crippen molar-refractivity contribution in [3.63, 3.8) is 0 Å². The fraction of sp³-hybridized carbons (Fsp3) is 0.471. The maximum absolute atomic E-state index is 6.07. The first-order valence-corrected chi connectivity index (χ1v) is 8.70. The van der Waals surface area contributed by atoms with E-state index in [1.54, 1.807) is 0 Å². The van der Waals surface area contributed by atoms with Crippen LogP contribution in [0.3, 0.4) is 0 Å². The van der Waals surface area contributed by atoms with Gasteiger partial charge in [-0.1, -0.05) is 23.7 Å². The van der Waals surface area contributed by atoms with Gasteiger partial charge in [0.15, 0.2) is 11.8 Å². The highest BCUT2D eigenvalue weighted by Gasteiger charge is 2.17. The smallest absolute Gasteiger partial charge is 0.194 e. The van der Waals surface area contributed by atoms with Gasteiger partial charge in [0.1, 0.15) is 12.4 Å².